The van der Waals surface area contributed by atoms with Gasteiger partial charge in [0.25, 0.3) is 0 Å². The number of rotatable bonds is 3. The van der Waals surface area contributed by atoms with Crippen LogP contribution in [0.25, 0.3) is 0 Å². The zero-order chi connectivity index (χ0) is 13.3. The molecule has 0 radical (unpaired) electrons. The number of aliphatic hydroxyl groups is 2. The van der Waals surface area contributed by atoms with Crippen molar-refractivity contribution in [2.24, 2.45) is 0 Å². The van der Waals surface area contributed by atoms with Gasteiger partial charge in [-0.1, -0.05) is 0 Å². The molecule has 4 heteroatoms. The highest BCUT2D eigenvalue weighted by Gasteiger charge is 2.39. The summed E-state index contributed by atoms with van der Waals surface area (Å²) >= 11 is 0. The standard InChI is InChI=1S/C14H19FO3/c1-9(16)11-6-5-10(15)8-12(11)18-13-4-3-7-14(13,2)17/h5-6,8-9,13,16-17H,3-4,7H2,1-2H3/t9-,13?,14?/m0/s1. The van der Waals surface area contributed by atoms with Crippen molar-refractivity contribution in [3.05, 3.63) is 29.6 Å². The Balaban J connectivity index is 2.25. The van der Waals surface area contributed by atoms with Gasteiger partial charge in [-0.2, -0.15) is 0 Å². The molecule has 0 saturated heterocycles. The normalized spacial score (nSPS) is 29.3. The molecular weight excluding hydrogens is 235 g/mol. The number of hydrogen-bond donors (Lipinski definition) is 2. The molecule has 3 atom stereocenters. The van der Waals surface area contributed by atoms with Crippen LogP contribution in [-0.4, -0.2) is 21.9 Å². The Bertz CT molecular complexity index is 429. The van der Waals surface area contributed by atoms with Crippen molar-refractivity contribution < 1.29 is 19.3 Å². The van der Waals surface area contributed by atoms with Gasteiger partial charge in [-0.05, 0) is 45.2 Å². The van der Waals surface area contributed by atoms with Crippen LogP contribution in [0.1, 0.15) is 44.8 Å². The van der Waals surface area contributed by atoms with E-state index in [4.69, 9.17) is 4.74 Å². The first-order valence-corrected chi connectivity index (χ1v) is 6.27. The van der Waals surface area contributed by atoms with Crippen LogP contribution in [0.5, 0.6) is 5.75 Å². The smallest absolute Gasteiger partial charge is 0.128 e. The fraction of sp³-hybridized carbons (Fsp3) is 0.571. The van der Waals surface area contributed by atoms with E-state index < -0.39 is 17.5 Å². The largest absolute Gasteiger partial charge is 0.487 e. The zero-order valence-electron chi connectivity index (χ0n) is 10.7. The van der Waals surface area contributed by atoms with Crippen molar-refractivity contribution in [3.63, 3.8) is 0 Å². The third kappa shape index (κ3) is 2.65. The maximum Gasteiger partial charge on any atom is 0.128 e. The van der Waals surface area contributed by atoms with E-state index in [9.17, 15) is 14.6 Å². The zero-order valence-corrected chi connectivity index (χ0v) is 10.7. The Labute approximate surface area is 106 Å². The summed E-state index contributed by atoms with van der Waals surface area (Å²) in [7, 11) is 0. The Morgan fingerprint density at radius 1 is 1.50 bits per heavy atom. The number of benzene rings is 1. The van der Waals surface area contributed by atoms with Gasteiger partial charge in [-0.15, -0.1) is 0 Å². The van der Waals surface area contributed by atoms with Gasteiger partial charge in [0.05, 0.1) is 11.7 Å². The van der Waals surface area contributed by atoms with Gasteiger partial charge in [0.15, 0.2) is 0 Å². The molecule has 1 fully saturated rings. The first-order chi connectivity index (χ1) is 8.40. The van der Waals surface area contributed by atoms with E-state index in [1.807, 2.05) is 0 Å². The molecule has 1 aliphatic rings. The summed E-state index contributed by atoms with van der Waals surface area (Å²) in [5, 5.41) is 19.8. The minimum atomic E-state index is -0.887. The average Bonchev–Trinajstić information content (AvgIpc) is 2.58. The van der Waals surface area contributed by atoms with E-state index in [-0.39, 0.29) is 6.10 Å². The first kappa shape index (κ1) is 13.3. The molecule has 0 aliphatic heterocycles. The van der Waals surface area contributed by atoms with E-state index in [2.05, 4.69) is 0 Å². The summed E-state index contributed by atoms with van der Waals surface area (Å²) in [6, 6.07) is 4.07. The predicted octanol–water partition coefficient (Wildman–Crippen LogP) is 2.56. The van der Waals surface area contributed by atoms with Crippen molar-refractivity contribution in [3.8, 4) is 5.75 Å². The van der Waals surface area contributed by atoms with Crippen molar-refractivity contribution in [2.45, 2.75) is 50.9 Å². The highest BCUT2D eigenvalue weighted by Crippen LogP contribution is 2.35. The van der Waals surface area contributed by atoms with Crippen LogP contribution >= 0.6 is 0 Å². The summed E-state index contributed by atoms with van der Waals surface area (Å²) in [5.74, 6) is -0.0933. The third-order valence-corrected chi connectivity index (χ3v) is 3.54. The summed E-state index contributed by atoms with van der Waals surface area (Å²) in [6.45, 7) is 3.33. The number of aliphatic hydroxyl groups excluding tert-OH is 1. The second-order valence-corrected chi connectivity index (χ2v) is 5.21. The lowest BCUT2D eigenvalue weighted by atomic mass is 10.0. The van der Waals surface area contributed by atoms with Crippen molar-refractivity contribution >= 4 is 0 Å². The van der Waals surface area contributed by atoms with Crippen molar-refractivity contribution in [1.82, 2.24) is 0 Å². The summed E-state index contributed by atoms with van der Waals surface area (Å²) in [5.41, 5.74) is -0.346. The lowest BCUT2D eigenvalue weighted by Crippen LogP contribution is -2.38. The summed E-state index contributed by atoms with van der Waals surface area (Å²) < 4.78 is 19.0. The molecule has 0 amide bonds. The van der Waals surface area contributed by atoms with Gasteiger partial charge in [0.1, 0.15) is 17.7 Å². The second kappa shape index (κ2) is 4.86. The second-order valence-electron chi connectivity index (χ2n) is 5.21. The molecule has 0 spiro atoms. The summed E-state index contributed by atoms with van der Waals surface area (Å²) in [6.07, 6.45) is 1.22. The van der Waals surface area contributed by atoms with Crippen LogP contribution in [0.15, 0.2) is 18.2 Å². The molecule has 1 aliphatic carbocycles. The lowest BCUT2D eigenvalue weighted by molar-refractivity contribution is -0.0263. The molecular formula is C14H19FO3. The van der Waals surface area contributed by atoms with Crippen molar-refractivity contribution in [2.75, 3.05) is 0 Å². The Hall–Kier alpha value is -1.13. The van der Waals surface area contributed by atoms with E-state index in [1.54, 1.807) is 13.8 Å². The molecule has 1 saturated carbocycles. The fourth-order valence-corrected chi connectivity index (χ4v) is 2.41. The van der Waals surface area contributed by atoms with Crippen molar-refractivity contribution in [1.29, 1.82) is 0 Å². The molecule has 2 rings (SSSR count). The third-order valence-electron chi connectivity index (χ3n) is 3.54. The first-order valence-electron chi connectivity index (χ1n) is 6.27. The molecule has 0 heterocycles. The molecule has 0 aromatic heterocycles. The molecule has 100 valence electrons. The maximum absolute atomic E-state index is 13.3. The molecule has 0 bridgehead atoms. The van der Waals surface area contributed by atoms with Gasteiger partial charge in [0, 0.05) is 11.6 Å². The average molecular weight is 254 g/mol. The van der Waals surface area contributed by atoms with Crippen LogP contribution in [0.4, 0.5) is 4.39 Å². The Morgan fingerprint density at radius 2 is 2.22 bits per heavy atom. The van der Waals surface area contributed by atoms with Gasteiger partial charge < -0.3 is 14.9 Å². The minimum absolute atomic E-state index is 0.317. The lowest BCUT2D eigenvalue weighted by Gasteiger charge is -2.27. The van der Waals surface area contributed by atoms with Crippen LogP contribution in [0.3, 0.4) is 0 Å². The van der Waals surface area contributed by atoms with E-state index in [1.165, 1.54) is 18.2 Å². The molecule has 1 aromatic carbocycles. The Kier molecular flexibility index (Phi) is 3.59. The van der Waals surface area contributed by atoms with Gasteiger partial charge >= 0.3 is 0 Å². The quantitative estimate of drug-likeness (QED) is 0.871. The Morgan fingerprint density at radius 3 is 2.78 bits per heavy atom. The topological polar surface area (TPSA) is 49.7 Å². The highest BCUT2D eigenvalue weighted by molar-refractivity contribution is 5.36. The molecule has 1 aromatic rings. The summed E-state index contributed by atoms with van der Waals surface area (Å²) in [4.78, 5) is 0. The number of hydrogen-bond acceptors (Lipinski definition) is 3. The maximum atomic E-state index is 13.3. The van der Waals surface area contributed by atoms with E-state index >= 15 is 0 Å². The highest BCUT2D eigenvalue weighted by atomic mass is 19.1. The van der Waals surface area contributed by atoms with Crippen LogP contribution in [0, 0.1) is 5.82 Å². The molecule has 2 N–H and O–H groups in total. The molecule has 3 nitrogen and oxygen atoms in total. The molecule has 18 heavy (non-hydrogen) atoms. The van der Waals surface area contributed by atoms with Crippen LogP contribution in [-0.2, 0) is 0 Å². The van der Waals surface area contributed by atoms with E-state index in [0.717, 1.165) is 12.8 Å². The van der Waals surface area contributed by atoms with Gasteiger partial charge in [0.2, 0.25) is 0 Å². The monoisotopic (exact) mass is 254 g/mol. The number of ether oxygens (including phenoxy) is 1. The van der Waals surface area contributed by atoms with Gasteiger partial charge in [-0.3, -0.25) is 0 Å². The SMILES string of the molecule is C[C@H](O)c1ccc(F)cc1OC1CCCC1(C)O. The number of halogens is 1. The van der Waals surface area contributed by atoms with Crippen LogP contribution < -0.4 is 4.74 Å². The predicted molar refractivity (Wildman–Crippen MR) is 65.9 cm³/mol. The fourth-order valence-electron chi connectivity index (χ4n) is 2.41. The van der Waals surface area contributed by atoms with Gasteiger partial charge in [-0.25, -0.2) is 4.39 Å². The van der Waals surface area contributed by atoms with Crippen LogP contribution in [0.2, 0.25) is 0 Å². The van der Waals surface area contributed by atoms with E-state index in [0.29, 0.717) is 17.7 Å². The molecule has 2 unspecified atom stereocenters. The minimum Gasteiger partial charge on any atom is -0.487 e.